The van der Waals surface area contributed by atoms with E-state index in [-0.39, 0.29) is 11.5 Å². The minimum absolute atomic E-state index is 0.00412. The molecule has 3 rings (SSSR count). The fraction of sp³-hybridized carbons (Fsp3) is 0.611. The minimum Gasteiger partial charge on any atom is -0.487 e. The van der Waals surface area contributed by atoms with Crippen molar-refractivity contribution in [2.24, 2.45) is 0 Å². The van der Waals surface area contributed by atoms with Crippen LogP contribution in [0.25, 0.3) is 0 Å². The normalized spacial score (nSPS) is 24.0. The summed E-state index contributed by atoms with van der Waals surface area (Å²) in [5, 5.41) is 9.58. The van der Waals surface area contributed by atoms with Crippen LogP contribution in [0.5, 0.6) is 5.75 Å². The first-order valence-electron chi connectivity index (χ1n) is 7.86. The molecule has 0 aromatic heterocycles. The van der Waals surface area contributed by atoms with Crippen molar-refractivity contribution >= 4 is 0 Å². The van der Waals surface area contributed by atoms with E-state index in [1.54, 1.807) is 0 Å². The average molecular weight is 269 g/mol. The Kier molecular flexibility index (Phi) is 3.46. The summed E-state index contributed by atoms with van der Waals surface area (Å²) in [7, 11) is 0. The molecule has 1 aliphatic carbocycles. The highest BCUT2D eigenvalue weighted by atomic mass is 16.5. The fourth-order valence-electron chi connectivity index (χ4n) is 3.67. The van der Waals surface area contributed by atoms with Gasteiger partial charge < -0.3 is 4.74 Å². The molecule has 2 nitrogen and oxygen atoms in total. The molecular weight excluding hydrogens is 246 g/mol. The van der Waals surface area contributed by atoms with E-state index in [4.69, 9.17) is 4.74 Å². The highest BCUT2D eigenvalue weighted by molar-refractivity contribution is 5.45. The Bertz CT molecular complexity index is 535. The molecule has 1 heterocycles. The van der Waals surface area contributed by atoms with E-state index in [1.165, 1.54) is 24.8 Å². The summed E-state index contributed by atoms with van der Waals surface area (Å²) >= 11 is 0. The SMILES string of the molecule is CC(C)c1ccc2c(c1)C(C#N)CC1(CCCCC1)O2. The van der Waals surface area contributed by atoms with Crippen molar-refractivity contribution in [2.45, 2.75) is 69.8 Å². The quantitative estimate of drug-likeness (QED) is 0.726. The lowest BCUT2D eigenvalue weighted by Gasteiger charge is -2.43. The van der Waals surface area contributed by atoms with Gasteiger partial charge in [-0.25, -0.2) is 0 Å². The topological polar surface area (TPSA) is 33.0 Å². The van der Waals surface area contributed by atoms with Gasteiger partial charge in [0.15, 0.2) is 0 Å². The number of benzene rings is 1. The smallest absolute Gasteiger partial charge is 0.124 e. The molecule has 2 aliphatic rings. The van der Waals surface area contributed by atoms with Crippen LogP contribution < -0.4 is 4.74 Å². The van der Waals surface area contributed by atoms with E-state index in [2.05, 4.69) is 38.1 Å². The van der Waals surface area contributed by atoms with Gasteiger partial charge in [0.2, 0.25) is 0 Å². The summed E-state index contributed by atoms with van der Waals surface area (Å²) in [6.45, 7) is 4.38. The lowest BCUT2D eigenvalue weighted by Crippen LogP contribution is -2.42. The van der Waals surface area contributed by atoms with Crippen LogP contribution in [0.4, 0.5) is 0 Å². The van der Waals surface area contributed by atoms with Gasteiger partial charge in [0.05, 0.1) is 12.0 Å². The first kappa shape index (κ1) is 13.5. The van der Waals surface area contributed by atoms with Gasteiger partial charge in [0, 0.05) is 12.0 Å². The van der Waals surface area contributed by atoms with Crippen LogP contribution in [0.15, 0.2) is 18.2 Å². The molecule has 0 bridgehead atoms. The second-order valence-electron chi connectivity index (χ2n) is 6.68. The van der Waals surface area contributed by atoms with Crippen molar-refractivity contribution in [3.8, 4) is 11.8 Å². The molecule has 1 saturated carbocycles. The van der Waals surface area contributed by atoms with E-state index >= 15 is 0 Å². The molecule has 0 radical (unpaired) electrons. The van der Waals surface area contributed by atoms with Crippen molar-refractivity contribution < 1.29 is 4.74 Å². The number of nitrogens with zero attached hydrogens (tertiary/aromatic N) is 1. The number of hydrogen-bond donors (Lipinski definition) is 0. The summed E-state index contributed by atoms with van der Waals surface area (Å²) in [5.74, 6) is 1.44. The molecule has 20 heavy (non-hydrogen) atoms. The highest BCUT2D eigenvalue weighted by Crippen LogP contribution is 2.47. The molecule has 106 valence electrons. The number of ether oxygens (including phenoxy) is 1. The Morgan fingerprint density at radius 3 is 2.65 bits per heavy atom. The maximum atomic E-state index is 9.58. The standard InChI is InChI=1S/C18H23NO/c1-13(2)14-6-7-17-16(10-14)15(12-19)11-18(20-17)8-4-3-5-9-18/h6-7,10,13,15H,3-5,8-9,11H2,1-2H3. The van der Waals surface area contributed by atoms with Crippen molar-refractivity contribution in [3.05, 3.63) is 29.3 Å². The van der Waals surface area contributed by atoms with Crippen LogP contribution in [0.1, 0.15) is 75.3 Å². The Balaban J connectivity index is 1.97. The average Bonchev–Trinajstić information content (AvgIpc) is 2.46. The van der Waals surface area contributed by atoms with Crippen LogP contribution in [0.3, 0.4) is 0 Å². The third-order valence-corrected chi connectivity index (χ3v) is 4.90. The number of rotatable bonds is 1. The predicted octanol–water partition coefficient (Wildman–Crippen LogP) is 4.90. The zero-order valence-electron chi connectivity index (χ0n) is 12.5. The van der Waals surface area contributed by atoms with Gasteiger partial charge in [0.1, 0.15) is 11.4 Å². The van der Waals surface area contributed by atoms with E-state index < -0.39 is 0 Å². The van der Waals surface area contributed by atoms with Crippen molar-refractivity contribution in [1.82, 2.24) is 0 Å². The van der Waals surface area contributed by atoms with Gasteiger partial charge in [-0.3, -0.25) is 0 Å². The molecule has 1 aromatic rings. The fourth-order valence-corrected chi connectivity index (χ4v) is 3.67. The van der Waals surface area contributed by atoms with Crippen LogP contribution in [0.2, 0.25) is 0 Å². The van der Waals surface area contributed by atoms with Crippen LogP contribution in [-0.2, 0) is 0 Å². The van der Waals surface area contributed by atoms with Crippen molar-refractivity contribution in [1.29, 1.82) is 5.26 Å². The van der Waals surface area contributed by atoms with Gasteiger partial charge in [-0.2, -0.15) is 5.26 Å². The lowest BCUT2D eigenvalue weighted by atomic mass is 9.74. The highest BCUT2D eigenvalue weighted by Gasteiger charge is 2.41. The Morgan fingerprint density at radius 1 is 1.25 bits per heavy atom. The third-order valence-electron chi connectivity index (χ3n) is 4.90. The molecular formula is C18H23NO. The van der Waals surface area contributed by atoms with E-state index in [1.807, 2.05) is 0 Å². The molecule has 0 saturated heterocycles. The Hall–Kier alpha value is -1.49. The Labute approximate surface area is 121 Å². The molecule has 1 fully saturated rings. The maximum Gasteiger partial charge on any atom is 0.124 e. The second-order valence-corrected chi connectivity index (χ2v) is 6.68. The monoisotopic (exact) mass is 269 g/mol. The van der Waals surface area contributed by atoms with Crippen molar-refractivity contribution in [2.75, 3.05) is 0 Å². The van der Waals surface area contributed by atoms with Crippen LogP contribution >= 0.6 is 0 Å². The second kappa shape index (κ2) is 5.13. The van der Waals surface area contributed by atoms with Crippen LogP contribution in [-0.4, -0.2) is 5.60 Å². The van der Waals surface area contributed by atoms with Gasteiger partial charge in [-0.15, -0.1) is 0 Å². The zero-order valence-corrected chi connectivity index (χ0v) is 12.5. The molecule has 1 aliphatic heterocycles. The lowest BCUT2D eigenvalue weighted by molar-refractivity contribution is 0.00669. The summed E-state index contributed by atoms with van der Waals surface area (Å²) in [6.07, 6.45) is 6.86. The number of nitriles is 1. The molecule has 1 unspecified atom stereocenters. The van der Waals surface area contributed by atoms with Gasteiger partial charge in [-0.1, -0.05) is 32.4 Å². The van der Waals surface area contributed by atoms with Crippen LogP contribution in [0, 0.1) is 11.3 Å². The summed E-state index contributed by atoms with van der Waals surface area (Å²) in [6, 6.07) is 8.94. The van der Waals surface area contributed by atoms with E-state index in [9.17, 15) is 5.26 Å². The summed E-state index contributed by atoms with van der Waals surface area (Å²) < 4.78 is 6.38. The molecule has 1 atom stereocenters. The maximum absolute atomic E-state index is 9.58. The van der Waals surface area contributed by atoms with Crippen molar-refractivity contribution in [3.63, 3.8) is 0 Å². The number of hydrogen-bond acceptors (Lipinski definition) is 2. The number of fused-ring (bicyclic) bond motifs is 1. The molecule has 1 spiro atoms. The van der Waals surface area contributed by atoms with Gasteiger partial charge in [-0.05, 0) is 43.2 Å². The van der Waals surface area contributed by atoms with Gasteiger partial charge in [0.25, 0.3) is 0 Å². The zero-order chi connectivity index (χ0) is 14.2. The first-order chi connectivity index (χ1) is 9.63. The minimum atomic E-state index is -0.0645. The molecule has 0 N–H and O–H groups in total. The molecule has 0 amide bonds. The molecule has 2 heteroatoms. The predicted molar refractivity (Wildman–Crippen MR) is 79.9 cm³/mol. The van der Waals surface area contributed by atoms with E-state index in [0.717, 1.165) is 30.6 Å². The molecule has 1 aromatic carbocycles. The largest absolute Gasteiger partial charge is 0.487 e. The van der Waals surface area contributed by atoms with Gasteiger partial charge >= 0.3 is 0 Å². The Morgan fingerprint density at radius 2 is 2.00 bits per heavy atom. The van der Waals surface area contributed by atoms with E-state index in [0.29, 0.717) is 5.92 Å². The summed E-state index contributed by atoms with van der Waals surface area (Å²) in [4.78, 5) is 0. The first-order valence-corrected chi connectivity index (χ1v) is 7.86. The summed E-state index contributed by atoms with van der Waals surface area (Å²) in [5.41, 5.74) is 2.34. The third kappa shape index (κ3) is 2.30.